The van der Waals surface area contributed by atoms with Crippen LogP contribution < -0.4 is 0 Å². The Morgan fingerprint density at radius 3 is 2.52 bits per heavy atom. The van der Waals surface area contributed by atoms with Crippen LogP contribution in [0.15, 0.2) is 28.2 Å². The van der Waals surface area contributed by atoms with Crippen LogP contribution in [0.4, 0.5) is 4.79 Å². The minimum Gasteiger partial charge on any atom is -0.444 e. The number of thiazole rings is 1. The molecular formula is C28H35BrN6O4S. The van der Waals surface area contributed by atoms with E-state index < -0.39 is 5.60 Å². The van der Waals surface area contributed by atoms with Crippen LogP contribution in [-0.2, 0) is 28.9 Å². The minimum atomic E-state index is -0.504. The van der Waals surface area contributed by atoms with Crippen LogP contribution in [0.1, 0.15) is 41.8 Å². The molecule has 2 aliphatic heterocycles. The molecule has 0 radical (unpaired) electrons. The monoisotopic (exact) mass is 630 g/mol. The van der Waals surface area contributed by atoms with Gasteiger partial charge in [-0.2, -0.15) is 5.10 Å². The molecule has 1 aromatic carbocycles. The van der Waals surface area contributed by atoms with Crippen molar-refractivity contribution < 1.29 is 19.1 Å². The van der Waals surface area contributed by atoms with Gasteiger partial charge in [0.25, 0.3) is 0 Å². The number of hydrogen-bond donors (Lipinski definition) is 0. The van der Waals surface area contributed by atoms with Gasteiger partial charge in [0.1, 0.15) is 17.8 Å². The maximum atomic E-state index is 13.1. The molecule has 2 aliphatic rings. The van der Waals surface area contributed by atoms with E-state index in [0.29, 0.717) is 24.7 Å². The summed E-state index contributed by atoms with van der Waals surface area (Å²) in [6.45, 7) is 10.3. The quantitative estimate of drug-likeness (QED) is 0.365. The Morgan fingerprint density at radius 1 is 1.10 bits per heavy atom. The summed E-state index contributed by atoms with van der Waals surface area (Å²) in [5.74, 6) is 0.330. The number of ether oxygens (including phenoxy) is 1. The van der Waals surface area contributed by atoms with E-state index in [1.165, 1.54) is 11.3 Å². The van der Waals surface area contributed by atoms with Crippen LogP contribution in [-0.4, -0.2) is 99.2 Å². The summed E-state index contributed by atoms with van der Waals surface area (Å²) in [6, 6.07) is 3.85. The topological polar surface area (TPSA) is 101 Å². The van der Waals surface area contributed by atoms with Crippen molar-refractivity contribution in [1.29, 1.82) is 0 Å². The molecule has 2 amide bonds. The van der Waals surface area contributed by atoms with Gasteiger partial charge in [-0.05, 0) is 45.5 Å². The Bertz CT molecular complexity index is 1420. The first-order valence-corrected chi connectivity index (χ1v) is 15.2. The van der Waals surface area contributed by atoms with Crippen LogP contribution in [0, 0.1) is 5.92 Å². The lowest BCUT2D eigenvalue weighted by Crippen LogP contribution is -2.52. The van der Waals surface area contributed by atoms with Gasteiger partial charge in [0, 0.05) is 79.5 Å². The first-order valence-electron chi connectivity index (χ1n) is 13.5. The molecule has 40 heavy (non-hydrogen) atoms. The summed E-state index contributed by atoms with van der Waals surface area (Å²) in [7, 11) is 2.06. The number of likely N-dealkylation sites (tertiary alicyclic amines) is 1. The van der Waals surface area contributed by atoms with E-state index in [1.807, 2.05) is 49.4 Å². The molecule has 12 heteroatoms. The van der Waals surface area contributed by atoms with Gasteiger partial charge in [-0.3, -0.25) is 14.3 Å². The highest BCUT2D eigenvalue weighted by Gasteiger charge is 2.34. The van der Waals surface area contributed by atoms with Crippen molar-refractivity contribution >= 4 is 56.0 Å². The predicted molar refractivity (Wildman–Crippen MR) is 157 cm³/mol. The van der Waals surface area contributed by atoms with E-state index in [4.69, 9.17) is 4.74 Å². The highest BCUT2D eigenvalue weighted by atomic mass is 79.9. The van der Waals surface area contributed by atoms with Gasteiger partial charge < -0.3 is 19.4 Å². The zero-order chi connectivity index (χ0) is 28.6. The van der Waals surface area contributed by atoms with Gasteiger partial charge in [-0.25, -0.2) is 9.78 Å². The van der Waals surface area contributed by atoms with Crippen molar-refractivity contribution in [2.45, 2.75) is 45.8 Å². The molecule has 10 nitrogen and oxygen atoms in total. The first-order chi connectivity index (χ1) is 18.9. The lowest BCUT2D eigenvalue weighted by Gasteiger charge is -2.39. The molecule has 4 heterocycles. The Balaban J connectivity index is 1.16. The summed E-state index contributed by atoms with van der Waals surface area (Å²) in [6.07, 6.45) is 2.53. The van der Waals surface area contributed by atoms with Gasteiger partial charge >= 0.3 is 6.09 Å². The standard InChI is InChI=1S/C28H35BrN6O4S/c1-28(2,3)39-27(38)34-13-18(14-34)9-25-30-23(17-40-25)24(36)11-19-10-20-15-35(31-22(20)12-21(19)29)16-26(37)33-7-5-32(4)6-8-33/h10,12,15,17-18H,5-9,11,13-14,16H2,1-4H3. The maximum Gasteiger partial charge on any atom is 0.410 e. The zero-order valence-electron chi connectivity index (χ0n) is 23.4. The smallest absolute Gasteiger partial charge is 0.410 e. The fourth-order valence-corrected chi connectivity index (χ4v) is 6.26. The number of fused-ring (bicyclic) bond motifs is 1. The second-order valence-electron chi connectivity index (χ2n) is 11.7. The maximum absolute atomic E-state index is 13.1. The summed E-state index contributed by atoms with van der Waals surface area (Å²) in [5.41, 5.74) is 1.58. The number of likely N-dealkylation sites (N-methyl/N-ethyl adjacent to an activating group) is 1. The average Bonchev–Trinajstić information content (AvgIpc) is 3.47. The number of Topliss-reactive ketones (excluding diaryl/α,β-unsaturated/α-hetero) is 1. The second kappa shape index (κ2) is 11.6. The van der Waals surface area contributed by atoms with Crippen molar-refractivity contribution in [3.8, 4) is 0 Å². The van der Waals surface area contributed by atoms with Crippen molar-refractivity contribution in [3.63, 3.8) is 0 Å². The summed E-state index contributed by atoms with van der Waals surface area (Å²) in [5, 5.41) is 8.18. The van der Waals surface area contributed by atoms with Crippen LogP contribution in [0.5, 0.6) is 0 Å². The number of aromatic nitrogens is 3. The third-order valence-electron chi connectivity index (χ3n) is 7.13. The molecule has 3 aromatic rings. The van der Waals surface area contributed by atoms with E-state index in [9.17, 15) is 14.4 Å². The summed E-state index contributed by atoms with van der Waals surface area (Å²) < 4.78 is 7.90. The van der Waals surface area contributed by atoms with Gasteiger partial charge in [0.15, 0.2) is 5.78 Å². The van der Waals surface area contributed by atoms with Crippen molar-refractivity contribution in [1.82, 2.24) is 29.5 Å². The number of hydrogen-bond acceptors (Lipinski definition) is 8. The van der Waals surface area contributed by atoms with Crippen LogP contribution in [0.2, 0.25) is 0 Å². The number of carbonyl (C=O) groups is 3. The molecule has 2 saturated heterocycles. The van der Waals surface area contributed by atoms with Gasteiger partial charge in [-0.15, -0.1) is 11.3 Å². The molecule has 0 spiro atoms. The number of piperazine rings is 1. The molecular weight excluding hydrogens is 596 g/mol. The van der Waals surface area contributed by atoms with E-state index in [0.717, 1.165) is 58.5 Å². The largest absolute Gasteiger partial charge is 0.444 e. The number of halogens is 1. The molecule has 0 atom stereocenters. The Kier molecular flexibility index (Phi) is 8.30. The van der Waals surface area contributed by atoms with Crippen LogP contribution >= 0.6 is 27.3 Å². The number of carbonyl (C=O) groups excluding carboxylic acids is 3. The molecule has 0 bridgehead atoms. The van der Waals surface area contributed by atoms with Gasteiger partial charge in [0.05, 0.1) is 10.5 Å². The lowest BCUT2D eigenvalue weighted by molar-refractivity contribution is -0.133. The van der Waals surface area contributed by atoms with E-state index in [2.05, 4.69) is 38.0 Å². The average molecular weight is 632 g/mol. The second-order valence-corrected chi connectivity index (χ2v) is 13.5. The molecule has 0 N–H and O–H groups in total. The fourth-order valence-electron chi connectivity index (χ4n) is 4.87. The van der Waals surface area contributed by atoms with Crippen molar-refractivity contribution in [2.75, 3.05) is 46.3 Å². The van der Waals surface area contributed by atoms with Crippen molar-refractivity contribution in [2.24, 2.45) is 5.92 Å². The number of ketones is 1. The van der Waals surface area contributed by atoms with Gasteiger partial charge in [0.2, 0.25) is 5.91 Å². The number of nitrogens with zero attached hydrogens (tertiary/aromatic N) is 6. The Hall–Kier alpha value is -2.83. The molecule has 214 valence electrons. The number of rotatable bonds is 7. The highest BCUT2D eigenvalue weighted by molar-refractivity contribution is 9.10. The first kappa shape index (κ1) is 28.7. The van der Waals surface area contributed by atoms with Gasteiger partial charge in [-0.1, -0.05) is 15.9 Å². The lowest BCUT2D eigenvalue weighted by atomic mass is 9.97. The highest BCUT2D eigenvalue weighted by Crippen LogP contribution is 2.27. The van der Waals surface area contributed by atoms with Crippen molar-refractivity contribution in [3.05, 3.63) is 44.4 Å². The van der Waals surface area contributed by atoms with Crippen LogP contribution in [0.25, 0.3) is 10.9 Å². The Morgan fingerprint density at radius 2 is 1.82 bits per heavy atom. The minimum absolute atomic E-state index is 0.0517. The third-order valence-corrected chi connectivity index (χ3v) is 8.74. The summed E-state index contributed by atoms with van der Waals surface area (Å²) >= 11 is 5.08. The zero-order valence-corrected chi connectivity index (χ0v) is 25.8. The van der Waals surface area contributed by atoms with E-state index in [1.54, 1.807) is 9.58 Å². The predicted octanol–water partition coefficient (Wildman–Crippen LogP) is 3.86. The fraction of sp³-hybridized carbons (Fsp3) is 0.536. The Labute approximate surface area is 246 Å². The molecule has 0 unspecified atom stereocenters. The van der Waals surface area contributed by atoms with E-state index in [-0.39, 0.29) is 30.7 Å². The van der Waals surface area contributed by atoms with Crippen LogP contribution in [0.3, 0.4) is 0 Å². The molecule has 2 aromatic heterocycles. The van der Waals surface area contributed by atoms with E-state index >= 15 is 0 Å². The molecule has 5 rings (SSSR count). The molecule has 0 aliphatic carbocycles. The molecule has 0 saturated carbocycles. The summed E-state index contributed by atoms with van der Waals surface area (Å²) in [4.78, 5) is 48.4. The third kappa shape index (κ3) is 6.90. The number of amides is 2. The normalized spacial score (nSPS) is 16.8. The number of benzene rings is 1. The SMILES string of the molecule is CN1CCN(C(=O)Cn2cc3cc(CC(=O)c4csc(CC5CN(C(=O)OC(C)(C)C)C5)n4)c(Br)cc3n2)CC1. The molecule has 2 fully saturated rings.